The standard InChI is InChI=1S/C16H20BFN4O.C4H10/c18-14-9-13(16(23)22-7-3-20-4-8-22)10-15(11-14)21-5-1-17(12-19)2-6-21;1-4(2)3/h9-11,20H,1-8H2;4H,1-3H3. The first-order chi connectivity index (χ1) is 12.9. The third-order valence-electron chi connectivity index (χ3n) is 4.58. The molecule has 0 atom stereocenters. The van der Waals surface area contributed by atoms with Gasteiger partial charge in [0.1, 0.15) is 5.82 Å². The summed E-state index contributed by atoms with van der Waals surface area (Å²) in [7, 11) is 0. The zero-order valence-electron chi connectivity index (χ0n) is 16.7. The van der Waals surface area contributed by atoms with E-state index in [1.165, 1.54) is 12.1 Å². The van der Waals surface area contributed by atoms with E-state index in [9.17, 15) is 9.18 Å². The van der Waals surface area contributed by atoms with Gasteiger partial charge in [-0.05, 0) is 36.8 Å². The lowest BCUT2D eigenvalue weighted by atomic mass is 9.45. The van der Waals surface area contributed by atoms with Crippen molar-refractivity contribution in [3.05, 3.63) is 29.6 Å². The van der Waals surface area contributed by atoms with Crippen LogP contribution in [0.15, 0.2) is 18.2 Å². The molecule has 2 saturated heterocycles. The number of halogens is 1. The number of carbonyl (C=O) groups excluding carboxylic acids is 1. The van der Waals surface area contributed by atoms with E-state index in [2.05, 4.69) is 37.0 Å². The number of hydrogen-bond donors (Lipinski definition) is 1. The number of carbonyl (C=O) groups is 1. The first kappa shape index (κ1) is 21.2. The Labute approximate surface area is 162 Å². The van der Waals surface area contributed by atoms with E-state index in [0.717, 1.165) is 50.4 Å². The summed E-state index contributed by atoms with van der Waals surface area (Å²) in [6, 6.07) is 4.57. The number of rotatable bonds is 2. The maximum Gasteiger partial charge on any atom is 0.271 e. The predicted molar refractivity (Wildman–Crippen MR) is 109 cm³/mol. The first-order valence-electron chi connectivity index (χ1n) is 9.86. The molecule has 0 unspecified atom stereocenters. The fourth-order valence-electron chi connectivity index (χ4n) is 3.20. The second-order valence-electron chi connectivity index (χ2n) is 7.86. The Bertz CT molecular complexity index is 660. The van der Waals surface area contributed by atoms with Crippen LogP contribution in [0.5, 0.6) is 0 Å². The summed E-state index contributed by atoms with van der Waals surface area (Å²) >= 11 is 0. The maximum atomic E-state index is 14.0. The molecule has 2 fully saturated rings. The predicted octanol–water partition coefficient (Wildman–Crippen LogP) is 2.91. The lowest BCUT2D eigenvalue weighted by molar-refractivity contribution is 0.0735. The molecule has 0 aliphatic carbocycles. The molecule has 2 aliphatic heterocycles. The third-order valence-corrected chi connectivity index (χ3v) is 4.58. The Morgan fingerprint density at radius 1 is 1.15 bits per heavy atom. The molecule has 2 heterocycles. The summed E-state index contributed by atoms with van der Waals surface area (Å²) in [5, 5.41) is 12.2. The normalized spacial score (nSPS) is 17.3. The Balaban J connectivity index is 0.000000596. The van der Waals surface area contributed by atoms with E-state index >= 15 is 0 Å². The molecule has 1 aromatic carbocycles. The van der Waals surface area contributed by atoms with Crippen LogP contribution in [-0.2, 0) is 0 Å². The van der Waals surface area contributed by atoms with Gasteiger partial charge in [0.25, 0.3) is 12.6 Å². The molecule has 1 amide bonds. The van der Waals surface area contributed by atoms with Crippen molar-refractivity contribution < 1.29 is 9.18 Å². The average Bonchev–Trinajstić information content (AvgIpc) is 2.67. The van der Waals surface area contributed by atoms with Gasteiger partial charge in [0.05, 0.1) is 0 Å². The zero-order valence-corrected chi connectivity index (χ0v) is 16.7. The van der Waals surface area contributed by atoms with Crippen LogP contribution in [0.2, 0.25) is 12.6 Å². The van der Waals surface area contributed by atoms with Gasteiger partial charge >= 0.3 is 0 Å². The van der Waals surface area contributed by atoms with Crippen LogP contribution in [0.4, 0.5) is 10.1 Å². The van der Waals surface area contributed by atoms with Crippen molar-refractivity contribution >= 4 is 18.3 Å². The second kappa shape index (κ2) is 10.3. The van der Waals surface area contributed by atoms with Crippen molar-refractivity contribution in [2.24, 2.45) is 5.92 Å². The molecule has 7 heteroatoms. The average molecular weight is 372 g/mol. The third kappa shape index (κ3) is 6.55. The van der Waals surface area contributed by atoms with Crippen LogP contribution in [0.3, 0.4) is 0 Å². The highest BCUT2D eigenvalue weighted by molar-refractivity contribution is 6.67. The van der Waals surface area contributed by atoms with Gasteiger partial charge in [-0.3, -0.25) is 4.79 Å². The maximum absolute atomic E-state index is 14.0. The van der Waals surface area contributed by atoms with E-state index in [1.54, 1.807) is 11.0 Å². The van der Waals surface area contributed by atoms with Crippen LogP contribution >= 0.6 is 0 Å². The highest BCUT2D eigenvalue weighted by Crippen LogP contribution is 2.24. The van der Waals surface area contributed by atoms with Crippen LogP contribution in [0, 0.1) is 23.0 Å². The van der Waals surface area contributed by atoms with Gasteiger partial charge in [0.2, 0.25) is 0 Å². The van der Waals surface area contributed by atoms with Crippen molar-refractivity contribution in [2.45, 2.75) is 33.4 Å². The van der Waals surface area contributed by atoms with Crippen molar-refractivity contribution in [3.63, 3.8) is 0 Å². The summed E-state index contributed by atoms with van der Waals surface area (Å²) in [6.07, 6.45) is 1.57. The zero-order chi connectivity index (χ0) is 19.8. The Morgan fingerprint density at radius 2 is 1.74 bits per heavy atom. The SMILES string of the molecule is CC(C)C.N#CB1CCN(c2cc(F)cc(C(=O)N3CCNCC3)c2)CC1. The molecule has 146 valence electrons. The van der Waals surface area contributed by atoms with Crippen molar-refractivity contribution in [1.29, 1.82) is 5.26 Å². The number of nitriles is 1. The molecule has 0 radical (unpaired) electrons. The van der Waals surface area contributed by atoms with Gasteiger partial charge in [-0.15, -0.1) is 0 Å². The van der Waals surface area contributed by atoms with Crippen molar-refractivity contribution in [1.82, 2.24) is 10.2 Å². The molecule has 0 saturated carbocycles. The number of piperazine rings is 1. The molecule has 2 aliphatic rings. The van der Waals surface area contributed by atoms with Crippen molar-refractivity contribution in [2.75, 3.05) is 44.2 Å². The molecule has 27 heavy (non-hydrogen) atoms. The highest BCUT2D eigenvalue weighted by Gasteiger charge is 2.24. The molecular formula is C20H30BFN4O. The van der Waals surface area contributed by atoms with Gasteiger partial charge in [0, 0.05) is 56.5 Å². The lowest BCUT2D eigenvalue weighted by Crippen LogP contribution is -2.46. The number of nitrogens with zero attached hydrogens (tertiary/aromatic N) is 3. The van der Waals surface area contributed by atoms with Gasteiger partial charge in [0.15, 0.2) is 0 Å². The molecule has 3 rings (SSSR count). The number of benzene rings is 1. The van der Waals surface area contributed by atoms with E-state index in [4.69, 9.17) is 5.26 Å². The summed E-state index contributed by atoms with van der Waals surface area (Å²) in [6.45, 7) is 10.9. The molecule has 0 spiro atoms. The van der Waals surface area contributed by atoms with Gasteiger partial charge < -0.3 is 15.1 Å². The van der Waals surface area contributed by atoms with E-state index < -0.39 is 0 Å². The molecule has 1 aromatic rings. The van der Waals surface area contributed by atoms with Crippen LogP contribution in [0.1, 0.15) is 31.1 Å². The van der Waals surface area contributed by atoms with Gasteiger partial charge in [-0.25, -0.2) is 9.65 Å². The van der Waals surface area contributed by atoms with Crippen LogP contribution in [-0.4, -0.2) is 56.8 Å². The Kier molecular flexibility index (Phi) is 8.11. The topological polar surface area (TPSA) is 59.4 Å². The smallest absolute Gasteiger partial charge is 0.271 e. The molecule has 5 nitrogen and oxygen atoms in total. The number of nitrogens with one attached hydrogen (secondary N) is 1. The second-order valence-corrected chi connectivity index (χ2v) is 7.86. The Morgan fingerprint density at radius 3 is 2.30 bits per heavy atom. The van der Waals surface area contributed by atoms with E-state index in [0.29, 0.717) is 18.7 Å². The lowest BCUT2D eigenvalue weighted by Gasteiger charge is -2.31. The first-order valence-corrected chi connectivity index (χ1v) is 9.86. The number of hydrogen-bond acceptors (Lipinski definition) is 4. The fourth-order valence-corrected chi connectivity index (χ4v) is 3.20. The molecule has 0 aromatic heterocycles. The summed E-state index contributed by atoms with van der Waals surface area (Å²) < 4.78 is 14.0. The largest absolute Gasteiger partial charge is 0.373 e. The summed E-state index contributed by atoms with van der Waals surface area (Å²) in [5.74, 6) is 2.63. The van der Waals surface area contributed by atoms with E-state index in [1.807, 2.05) is 0 Å². The summed E-state index contributed by atoms with van der Waals surface area (Å²) in [4.78, 5) is 16.4. The fraction of sp³-hybridized carbons (Fsp3) is 0.600. The number of amides is 1. The quantitative estimate of drug-likeness (QED) is 0.811. The minimum absolute atomic E-state index is 0.0850. The van der Waals surface area contributed by atoms with Gasteiger partial charge in [-0.2, -0.15) is 0 Å². The minimum atomic E-state index is -0.386. The minimum Gasteiger partial charge on any atom is -0.373 e. The van der Waals surface area contributed by atoms with Crippen molar-refractivity contribution in [3.8, 4) is 5.97 Å². The number of anilines is 1. The summed E-state index contributed by atoms with van der Waals surface area (Å²) in [5.41, 5.74) is 1.14. The monoisotopic (exact) mass is 372 g/mol. The van der Waals surface area contributed by atoms with Crippen LogP contribution in [0.25, 0.3) is 0 Å². The van der Waals surface area contributed by atoms with E-state index in [-0.39, 0.29) is 18.4 Å². The molecule has 0 bridgehead atoms. The molecular weight excluding hydrogens is 342 g/mol. The molecule has 1 N–H and O–H groups in total. The van der Waals surface area contributed by atoms with Crippen LogP contribution < -0.4 is 10.2 Å². The van der Waals surface area contributed by atoms with Gasteiger partial charge in [-0.1, -0.05) is 20.8 Å². The Hall–Kier alpha value is -2.07. The highest BCUT2D eigenvalue weighted by atomic mass is 19.1.